The smallest absolute Gasteiger partial charge is 0.412 e. The summed E-state index contributed by atoms with van der Waals surface area (Å²) in [5.74, 6) is -0.901. The van der Waals surface area contributed by atoms with Gasteiger partial charge in [0.1, 0.15) is 5.75 Å². The first kappa shape index (κ1) is 23.8. The number of anilines is 1. The Morgan fingerprint density at radius 1 is 1.00 bits per heavy atom. The van der Waals surface area contributed by atoms with Crippen LogP contribution in [0.2, 0.25) is 0 Å². The highest BCUT2D eigenvalue weighted by Gasteiger charge is 2.29. The molecular formula is C26H27NO6. The lowest BCUT2D eigenvalue weighted by molar-refractivity contribution is -0.131. The third-order valence-corrected chi connectivity index (χ3v) is 5.09. The lowest BCUT2D eigenvalue weighted by atomic mass is 9.94. The van der Waals surface area contributed by atoms with Gasteiger partial charge in [0.05, 0.1) is 6.10 Å². The number of aliphatic carboxylic acids is 1. The van der Waals surface area contributed by atoms with E-state index in [4.69, 9.17) is 14.6 Å². The zero-order valence-electron chi connectivity index (χ0n) is 18.3. The summed E-state index contributed by atoms with van der Waals surface area (Å²) < 4.78 is 11.8. The standard InChI is InChI=1S/C26H27NO6/c1-2-32-23(14-8-9-15-24(29)30)25(33-26(31)27-18-10-4-3-5-11-18)21-16-17-22(28)20-13-7-6-12-19(20)21/h3-7,9-13,15-17,23,25,28H,2,8,14H2,1H3,(H,27,31)(H,29,30)/b15-9+/t23-,25-/m0/s1. The highest BCUT2D eigenvalue weighted by Crippen LogP contribution is 2.36. The molecule has 7 heteroatoms. The molecule has 3 aromatic rings. The normalized spacial score (nSPS) is 13.0. The summed E-state index contributed by atoms with van der Waals surface area (Å²) in [7, 11) is 0. The molecule has 0 fully saturated rings. The molecule has 172 valence electrons. The Kier molecular flexibility index (Phi) is 8.43. The number of hydrogen-bond donors (Lipinski definition) is 3. The van der Waals surface area contributed by atoms with E-state index in [1.165, 1.54) is 0 Å². The van der Waals surface area contributed by atoms with Crippen molar-refractivity contribution in [3.05, 3.63) is 84.4 Å². The van der Waals surface area contributed by atoms with Gasteiger partial charge < -0.3 is 19.7 Å². The predicted octanol–water partition coefficient (Wildman–Crippen LogP) is 5.66. The molecule has 0 bridgehead atoms. The number of fused-ring (bicyclic) bond motifs is 1. The minimum atomic E-state index is -1.03. The summed E-state index contributed by atoms with van der Waals surface area (Å²) in [5.41, 5.74) is 1.28. The number of rotatable bonds is 10. The van der Waals surface area contributed by atoms with Crippen molar-refractivity contribution in [1.29, 1.82) is 0 Å². The van der Waals surface area contributed by atoms with Gasteiger partial charge in [0.2, 0.25) is 0 Å². The Hall–Kier alpha value is -3.84. The van der Waals surface area contributed by atoms with Crippen LogP contribution in [0.1, 0.15) is 31.4 Å². The van der Waals surface area contributed by atoms with E-state index in [-0.39, 0.29) is 5.75 Å². The maximum Gasteiger partial charge on any atom is 0.412 e. The fourth-order valence-electron chi connectivity index (χ4n) is 3.66. The summed E-state index contributed by atoms with van der Waals surface area (Å²) in [5, 5.41) is 23.3. The van der Waals surface area contributed by atoms with Crippen molar-refractivity contribution >= 4 is 28.5 Å². The lowest BCUT2D eigenvalue weighted by Gasteiger charge is -2.28. The molecule has 0 unspecified atom stereocenters. The van der Waals surface area contributed by atoms with Crippen LogP contribution in [0, 0.1) is 0 Å². The van der Waals surface area contributed by atoms with Gasteiger partial charge in [-0.1, -0.05) is 54.6 Å². The van der Waals surface area contributed by atoms with Crippen LogP contribution >= 0.6 is 0 Å². The lowest BCUT2D eigenvalue weighted by Crippen LogP contribution is -2.29. The maximum atomic E-state index is 12.8. The number of carboxylic acids is 1. The first-order valence-corrected chi connectivity index (χ1v) is 10.7. The Bertz CT molecular complexity index is 1110. The number of phenols is 1. The van der Waals surface area contributed by atoms with E-state index >= 15 is 0 Å². The number of carboxylic acid groups (broad SMARTS) is 1. The SMILES string of the molecule is CCO[C@@H](CC/C=C/C(=O)O)[C@@H](OC(=O)Nc1ccccc1)c1ccc(O)c2ccccc12. The Balaban J connectivity index is 1.95. The zero-order chi connectivity index (χ0) is 23.6. The van der Waals surface area contributed by atoms with Crippen LogP contribution in [0.5, 0.6) is 5.75 Å². The van der Waals surface area contributed by atoms with Crippen LogP contribution in [0.25, 0.3) is 10.8 Å². The van der Waals surface area contributed by atoms with E-state index in [2.05, 4.69) is 5.32 Å². The molecule has 0 aliphatic heterocycles. The summed E-state index contributed by atoms with van der Waals surface area (Å²) in [6, 6.07) is 19.6. The molecule has 1 amide bonds. The number of phenolic OH excluding ortho intramolecular Hbond substituents is 1. The van der Waals surface area contributed by atoms with Gasteiger partial charge in [-0.15, -0.1) is 0 Å². The molecule has 0 aliphatic rings. The molecule has 2 atom stereocenters. The average molecular weight is 450 g/mol. The number of para-hydroxylation sites is 1. The number of benzene rings is 3. The molecule has 0 heterocycles. The minimum Gasteiger partial charge on any atom is -0.507 e. The largest absolute Gasteiger partial charge is 0.507 e. The van der Waals surface area contributed by atoms with Crippen molar-refractivity contribution in [3.8, 4) is 5.75 Å². The number of aromatic hydroxyl groups is 1. The molecule has 33 heavy (non-hydrogen) atoms. The van der Waals surface area contributed by atoms with Crippen LogP contribution in [0.15, 0.2) is 78.9 Å². The summed E-state index contributed by atoms with van der Waals surface area (Å²) in [4.78, 5) is 23.6. The zero-order valence-corrected chi connectivity index (χ0v) is 18.3. The van der Waals surface area contributed by atoms with Crippen LogP contribution in [-0.4, -0.2) is 35.0 Å². The van der Waals surface area contributed by atoms with E-state index in [0.29, 0.717) is 36.1 Å². The summed E-state index contributed by atoms with van der Waals surface area (Å²) in [6.45, 7) is 2.22. The number of carbonyl (C=O) groups is 2. The van der Waals surface area contributed by atoms with Gasteiger partial charge >= 0.3 is 12.1 Å². The fourth-order valence-corrected chi connectivity index (χ4v) is 3.66. The summed E-state index contributed by atoms with van der Waals surface area (Å²) >= 11 is 0. The number of ether oxygens (including phenoxy) is 2. The molecule has 0 saturated heterocycles. The minimum absolute atomic E-state index is 0.124. The molecule has 0 spiro atoms. The van der Waals surface area contributed by atoms with E-state index in [0.717, 1.165) is 11.5 Å². The van der Waals surface area contributed by atoms with Gasteiger partial charge in [0.25, 0.3) is 0 Å². The molecule has 3 rings (SSSR count). The molecule has 0 radical (unpaired) electrons. The van der Waals surface area contributed by atoms with E-state index in [1.807, 2.05) is 31.2 Å². The van der Waals surface area contributed by atoms with Gasteiger partial charge in [0.15, 0.2) is 6.10 Å². The second-order valence-corrected chi connectivity index (χ2v) is 7.35. The van der Waals surface area contributed by atoms with Crippen LogP contribution in [-0.2, 0) is 14.3 Å². The molecule has 7 nitrogen and oxygen atoms in total. The van der Waals surface area contributed by atoms with Crippen molar-refractivity contribution in [3.63, 3.8) is 0 Å². The van der Waals surface area contributed by atoms with Gasteiger partial charge in [-0.05, 0) is 43.4 Å². The van der Waals surface area contributed by atoms with Gasteiger partial charge in [-0.3, -0.25) is 5.32 Å². The highest BCUT2D eigenvalue weighted by atomic mass is 16.6. The Morgan fingerprint density at radius 3 is 2.39 bits per heavy atom. The Labute approximate surface area is 192 Å². The quantitative estimate of drug-likeness (QED) is 0.345. The van der Waals surface area contributed by atoms with Gasteiger partial charge in [-0.25, -0.2) is 9.59 Å². The van der Waals surface area contributed by atoms with Crippen LogP contribution in [0.4, 0.5) is 10.5 Å². The molecule has 0 aromatic heterocycles. The second-order valence-electron chi connectivity index (χ2n) is 7.35. The van der Waals surface area contributed by atoms with Crippen molar-refractivity contribution in [2.24, 2.45) is 0 Å². The van der Waals surface area contributed by atoms with Crippen molar-refractivity contribution in [2.75, 3.05) is 11.9 Å². The number of amides is 1. The molecule has 3 aromatic carbocycles. The molecule has 0 aliphatic carbocycles. The van der Waals surface area contributed by atoms with Gasteiger partial charge in [0, 0.05) is 29.3 Å². The number of nitrogens with one attached hydrogen (secondary N) is 1. The van der Waals surface area contributed by atoms with Crippen molar-refractivity contribution in [1.82, 2.24) is 0 Å². The van der Waals surface area contributed by atoms with Crippen LogP contribution < -0.4 is 5.32 Å². The predicted molar refractivity (Wildman–Crippen MR) is 126 cm³/mol. The van der Waals surface area contributed by atoms with Crippen molar-refractivity contribution < 1.29 is 29.3 Å². The van der Waals surface area contributed by atoms with E-state index < -0.39 is 24.3 Å². The Morgan fingerprint density at radius 2 is 1.70 bits per heavy atom. The number of allylic oxidation sites excluding steroid dienone is 1. The third-order valence-electron chi connectivity index (χ3n) is 5.09. The molecule has 0 saturated carbocycles. The topological polar surface area (TPSA) is 105 Å². The van der Waals surface area contributed by atoms with Gasteiger partial charge in [-0.2, -0.15) is 0 Å². The monoisotopic (exact) mass is 449 g/mol. The highest BCUT2D eigenvalue weighted by molar-refractivity contribution is 5.91. The fraction of sp³-hybridized carbons (Fsp3) is 0.231. The second kappa shape index (κ2) is 11.7. The van der Waals surface area contributed by atoms with E-state index in [9.17, 15) is 14.7 Å². The number of carbonyl (C=O) groups excluding carboxylic acids is 1. The maximum absolute atomic E-state index is 12.8. The third kappa shape index (κ3) is 6.57. The van der Waals surface area contributed by atoms with Crippen molar-refractivity contribution in [2.45, 2.75) is 32.0 Å². The van der Waals surface area contributed by atoms with Crippen LogP contribution in [0.3, 0.4) is 0 Å². The average Bonchev–Trinajstić information content (AvgIpc) is 2.81. The first-order chi connectivity index (χ1) is 16.0. The summed E-state index contributed by atoms with van der Waals surface area (Å²) in [6.07, 6.45) is 1.50. The molecular weight excluding hydrogens is 422 g/mol. The number of hydrogen-bond acceptors (Lipinski definition) is 5. The molecule has 3 N–H and O–H groups in total. The first-order valence-electron chi connectivity index (χ1n) is 10.7. The van der Waals surface area contributed by atoms with E-state index in [1.54, 1.807) is 48.5 Å².